The van der Waals surface area contributed by atoms with Gasteiger partial charge in [0.15, 0.2) is 0 Å². The van der Waals surface area contributed by atoms with Crippen molar-refractivity contribution in [2.45, 2.75) is 25.3 Å². The van der Waals surface area contributed by atoms with Crippen LogP contribution in [-0.2, 0) is 4.79 Å². The molecule has 2 heterocycles. The van der Waals surface area contributed by atoms with E-state index in [-0.39, 0.29) is 5.91 Å². The lowest BCUT2D eigenvalue weighted by Crippen LogP contribution is -2.40. The number of carbonyl (C=O) groups excluding carboxylic acids is 1. The molecule has 0 bridgehead atoms. The van der Waals surface area contributed by atoms with E-state index in [0.29, 0.717) is 12.1 Å². The van der Waals surface area contributed by atoms with Crippen LogP contribution in [0, 0.1) is 0 Å². The van der Waals surface area contributed by atoms with Crippen molar-refractivity contribution < 1.29 is 14.7 Å². The summed E-state index contributed by atoms with van der Waals surface area (Å²) in [5, 5.41) is 9.14. The van der Waals surface area contributed by atoms with Gasteiger partial charge >= 0.3 is 5.97 Å². The Morgan fingerprint density at radius 3 is 2.36 bits per heavy atom. The van der Waals surface area contributed by atoms with Crippen molar-refractivity contribution in [3.63, 3.8) is 0 Å². The molecule has 1 fully saturated rings. The van der Waals surface area contributed by atoms with Gasteiger partial charge in [0.25, 0.3) is 5.91 Å². The van der Waals surface area contributed by atoms with Gasteiger partial charge in [0.05, 0.1) is 0 Å². The lowest BCUT2D eigenvalue weighted by molar-refractivity contribution is -0.140. The minimum absolute atomic E-state index is 0.234. The van der Waals surface area contributed by atoms with Crippen LogP contribution in [0.4, 0.5) is 5.69 Å². The van der Waals surface area contributed by atoms with Crippen molar-refractivity contribution in [1.82, 2.24) is 4.90 Å². The van der Waals surface area contributed by atoms with E-state index in [1.165, 1.54) is 24.2 Å². The lowest BCUT2D eigenvalue weighted by Gasteiger charge is -2.29. The van der Waals surface area contributed by atoms with Gasteiger partial charge in [-0.15, -0.1) is 0 Å². The largest absolute Gasteiger partial charge is 0.479 e. The van der Waals surface area contributed by atoms with Crippen LogP contribution >= 0.6 is 0 Å². The quantitative estimate of drug-likeness (QED) is 0.869. The third kappa shape index (κ3) is 2.84. The number of anilines is 1. The summed E-state index contributed by atoms with van der Waals surface area (Å²) in [5.41, 5.74) is 1.67. The zero-order chi connectivity index (χ0) is 15.5. The predicted octanol–water partition coefficient (Wildman–Crippen LogP) is 2.14. The van der Waals surface area contributed by atoms with Crippen LogP contribution < -0.4 is 4.90 Å². The minimum Gasteiger partial charge on any atom is -0.479 e. The number of amides is 1. The van der Waals surface area contributed by atoms with Crippen LogP contribution in [0.25, 0.3) is 0 Å². The van der Waals surface area contributed by atoms with Crippen LogP contribution in [0.5, 0.6) is 0 Å². The summed E-state index contributed by atoms with van der Waals surface area (Å²) in [4.78, 5) is 27.3. The second kappa shape index (κ2) is 6.22. The van der Waals surface area contributed by atoms with Gasteiger partial charge in [-0.3, -0.25) is 4.79 Å². The van der Waals surface area contributed by atoms with Crippen LogP contribution in [0.15, 0.2) is 36.4 Å². The molecule has 3 rings (SSSR count). The fourth-order valence-electron chi connectivity index (χ4n) is 3.08. The standard InChI is InChI=1S/C17H20N2O3/c20-16(19-12-4-5-15(19)17(21)22)13-6-8-14(9-7-13)18-10-2-1-3-11-18/h4-9,15H,1-3,10-12H2,(H,21,22)/t15-/m0/s1. The molecule has 5 nitrogen and oxygen atoms in total. The molecule has 116 valence electrons. The highest BCUT2D eigenvalue weighted by molar-refractivity contribution is 5.98. The molecule has 2 aliphatic rings. The molecule has 1 N–H and O–H groups in total. The molecule has 0 aromatic heterocycles. The van der Waals surface area contributed by atoms with Gasteiger partial charge in [-0.1, -0.05) is 12.2 Å². The Bertz CT molecular complexity index is 588. The van der Waals surface area contributed by atoms with E-state index in [1.807, 2.05) is 12.1 Å². The summed E-state index contributed by atoms with van der Waals surface area (Å²) in [6, 6.07) is 6.65. The zero-order valence-electron chi connectivity index (χ0n) is 12.4. The molecule has 1 aromatic rings. The summed E-state index contributed by atoms with van der Waals surface area (Å²) >= 11 is 0. The Morgan fingerprint density at radius 2 is 1.73 bits per heavy atom. The molecule has 1 atom stereocenters. The second-order valence-corrected chi connectivity index (χ2v) is 5.76. The topological polar surface area (TPSA) is 60.9 Å². The van der Waals surface area contributed by atoms with E-state index in [4.69, 9.17) is 5.11 Å². The van der Waals surface area contributed by atoms with Gasteiger partial charge in [-0.2, -0.15) is 0 Å². The number of carbonyl (C=O) groups is 2. The van der Waals surface area contributed by atoms with E-state index in [9.17, 15) is 9.59 Å². The predicted molar refractivity (Wildman–Crippen MR) is 84.1 cm³/mol. The number of benzene rings is 1. The smallest absolute Gasteiger partial charge is 0.330 e. The number of aliphatic carboxylic acids is 1. The average Bonchev–Trinajstić information content (AvgIpc) is 3.05. The number of hydrogen-bond donors (Lipinski definition) is 1. The Morgan fingerprint density at radius 1 is 1.05 bits per heavy atom. The minimum atomic E-state index is -0.993. The number of piperidine rings is 1. The molecule has 1 amide bonds. The summed E-state index contributed by atoms with van der Waals surface area (Å²) in [6.07, 6.45) is 6.98. The highest BCUT2D eigenvalue weighted by Gasteiger charge is 2.30. The fraction of sp³-hybridized carbons (Fsp3) is 0.412. The molecule has 0 aliphatic carbocycles. The number of carboxylic acids is 1. The van der Waals surface area contributed by atoms with Crippen molar-refractivity contribution in [2.24, 2.45) is 0 Å². The Kier molecular flexibility index (Phi) is 4.13. The molecule has 0 radical (unpaired) electrons. The molecule has 22 heavy (non-hydrogen) atoms. The number of nitrogens with zero attached hydrogens (tertiary/aromatic N) is 2. The van der Waals surface area contributed by atoms with E-state index in [2.05, 4.69) is 4.90 Å². The maximum Gasteiger partial charge on any atom is 0.330 e. The Labute approximate surface area is 129 Å². The first kappa shape index (κ1) is 14.6. The van der Waals surface area contributed by atoms with Crippen molar-refractivity contribution in [3.8, 4) is 0 Å². The maximum atomic E-state index is 12.5. The van der Waals surface area contributed by atoms with Crippen molar-refractivity contribution in [1.29, 1.82) is 0 Å². The molecule has 5 heteroatoms. The van der Waals surface area contributed by atoms with Gasteiger partial charge in [0.2, 0.25) is 0 Å². The number of rotatable bonds is 3. The summed E-state index contributed by atoms with van der Waals surface area (Å²) < 4.78 is 0. The Hall–Kier alpha value is -2.30. The van der Waals surface area contributed by atoms with Crippen molar-refractivity contribution >= 4 is 17.6 Å². The fourth-order valence-corrected chi connectivity index (χ4v) is 3.08. The second-order valence-electron chi connectivity index (χ2n) is 5.76. The van der Waals surface area contributed by atoms with Gasteiger partial charge < -0.3 is 14.9 Å². The molecule has 0 unspecified atom stereocenters. The summed E-state index contributed by atoms with van der Waals surface area (Å²) in [5.74, 6) is -1.23. The van der Waals surface area contributed by atoms with Gasteiger partial charge in [-0.25, -0.2) is 4.79 Å². The van der Waals surface area contributed by atoms with Crippen LogP contribution in [0.3, 0.4) is 0 Å². The molecule has 1 saturated heterocycles. The molecule has 0 saturated carbocycles. The van der Waals surface area contributed by atoms with Crippen molar-refractivity contribution in [3.05, 3.63) is 42.0 Å². The van der Waals surface area contributed by atoms with Crippen molar-refractivity contribution in [2.75, 3.05) is 24.5 Å². The third-order valence-corrected chi connectivity index (χ3v) is 4.31. The van der Waals surface area contributed by atoms with E-state index < -0.39 is 12.0 Å². The molecule has 0 spiro atoms. The Balaban J connectivity index is 1.72. The monoisotopic (exact) mass is 300 g/mol. The van der Waals surface area contributed by atoms with Gasteiger partial charge in [-0.05, 0) is 43.5 Å². The molecular formula is C17H20N2O3. The zero-order valence-corrected chi connectivity index (χ0v) is 12.4. The van der Waals surface area contributed by atoms with E-state index in [0.717, 1.165) is 18.8 Å². The summed E-state index contributed by atoms with van der Waals surface area (Å²) in [6.45, 7) is 2.47. The normalized spacial score (nSPS) is 21.2. The SMILES string of the molecule is O=C(O)[C@@H]1C=CCN1C(=O)c1ccc(N2CCCCC2)cc1. The van der Waals surface area contributed by atoms with Gasteiger partial charge in [0.1, 0.15) is 6.04 Å². The summed E-state index contributed by atoms with van der Waals surface area (Å²) in [7, 11) is 0. The molecule has 2 aliphatic heterocycles. The first-order valence-corrected chi connectivity index (χ1v) is 7.72. The first-order valence-electron chi connectivity index (χ1n) is 7.72. The molecule has 1 aromatic carbocycles. The van der Waals surface area contributed by atoms with Crippen LogP contribution in [0.2, 0.25) is 0 Å². The lowest BCUT2D eigenvalue weighted by atomic mass is 10.1. The van der Waals surface area contributed by atoms with E-state index in [1.54, 1.807) is 24.3 Å². The molecular weight excluding hydrogens is 280 g/mol. The van der Waals surface area contributed by atoms with E-state index >= 15 is 0 Å². The number of carboxylic acid groups (broad SMARTS) is 1. The van der Waals surface area contributed by atoms with Crippen LogP contribution in [0.1, 0.15) is 29.6 Å². The van der Waals surface area contributed by atoms with Gasteiger partial charge in [0, 0.05) is 30.9 Å². The number of hydrogen-bond acceptors (Lipinski definition) is 3. The first-order chi connectivity index (χ1) is 10.7. The highest BCUT2D eigenvalue weighted by atomic mass is 16.4. The third-order valence-electron chi connectivity index (χ3n) is 4.31. The highest BCUT2D eigenvalue weighted by Crippen LogP contribution is 2.22. The maximum absolute atomic E-state index is 12.5. The van der Waals surface area contributed by atoms with Crippen LogP contribution in [-0.4, -0.2) is 47.6 Å². The average molecular weight is 300 g/mol.